The molecule has 0 bridgehead atoms. The molecule has 362 valence electrons. The second kappa shape index (κ2) is 25.0. The molecule has 30 heteroatoms. The number of fused-ring (bicyclic) bond motifs is 1. The largest absolute Gasteiger partial charge is 0.490 e. The Morgan fingerprint density at radius 3 is 2.09 bits per heavy atom. The minimum atomic E-state index is -5.82. The zero-order chi connectivity index (χ0) is 47.1. The van der Waals surface area contributed by atoms with E-state index >= 15 is 0 Å². The van der Waals surface area contributed by atoms with E-state index in [1.165, 1.54) is 12.2 Å². The number of ether oxygens (including phenoxy) is 1. The van der Waals surface area contributed by atoms with Crippen molar-refractivity contribution in [2.45, 2.75) is 119 Å². The van der Waals surface area contributed by atoms with Gasteiger partial charge in [-0.1, -0.05) is 31.4 Å². The number of phosphoric acid groups is 3. The maximum atomic E-state index is 12.6. The van der Waals surface area contributed by atoms with E-state index < -0.39 is 60.3 Å². The van der Waals surface area contributed by atoms with Crippen molar-refractivity contribution in [3.8, 4) is 0 Å². The predicted octanol–water partition coefficient (Wildman–Crippen LogP) is -0.00360. The fraction of sp³-hybridized carbons (Fsp3) is 0.706. The number of nitrogens with two attached hydrogens (primary N) is 1. The highest BCUT2D eigenvalue weighted by molar-refractivity contribution is 8.00. The number of aliphatic hydroxyl groups excluding tert-OH is 2. The molecule has 0 aromatic carbocycles. The van der Waals surface area contributed by atoms with Crippen LogP contribution in [0.2, 0.25) is 0 Å². The third kappa shape index (κ3) is 18.2. The van der Waals surface area contributed by atoms with Crippen LogP contribution in [-0.4, -0.2) is 131 Å². The van der Waals surface area contributed by atoms with Gasteiger partial charge in [0, 0.05) is 61.7 Å². The van der Waals surface area contributed by atoms with Gasteiger partial charge in [-0.25, -0.2) is 23.3 Å². The van der Waals surface area contributed by atoms with Crippen molar-refractivity contribution in [1.29, 1.82) is 0 Å². The first-order valence-corrected chi connectivity index (χ1v) is 26.0. The van der Waals surface area contributed by atoms with E-state index in [0.29, 0.717) is 56.9 Å². The smallest absolute Gasteiger partial charge is 0.387 e. The zero-order valence-electron chi connectivity index (χ0n) is 34.6. The van der Waals surface area contributed by atoms with Crippen molar-refractivity contribution < 1.29 is 80.5 Å². The van der Waals surface area contributed by atoms with E-state index in [1.54, 1.807) is 0 Å². The highest BCUT2D eigenvalue weighted by atomic mass is 32.2. The first-order chi connectivity index (χ1) is 30.1. The molecule has 4 rings (SSSR count). The molecule has 3 aliphatic rings. The highest BCUT2D eigenvalue weighted by Gasteiger charge is 2.47. The Balaban J connectivity index is 1.03. The second-order valence-corrected chi connectivity index (χ2v) is 20.8. The lowest BCUT2D eigenvalue weighted by Gasteiger charge is -2.19. The van der Waals surface area contributed by atoms with Crippen molar-refractivity contribution in [3.63, 3.8) is 0 Å². The molecule has 0 radical (unpaired) electrons. The SMILES string of the molecule is Nc1nc(=O)n([C@@H]2O[C@H](COP(=O)(O)OP(=O)(O)OP(=O)(O)O)C(O)C2O)cc1/C=C/CNC(=O)CCCCCNC(=O)CCCCCNC(=O)CCCC[C@H]1SC[C@H]2NC(=O)N[C@H]21. The van der Waals surface area contributed by atoms with Gasteiger partial charge in [0.2, 0.25) is 17.7 Å². The van der Waals surface area contributed by atoms with Crippen LogP contribution in [0.15, 0.2) is 17.1 Å². The van der Waals surface area contributed by atoms with Crippen LogP contribution in [0.25, 0.3) is 6.08 Å². The molecule has 0 aliphatic carbocycles. The number of anilines is 1. The number of carbonyl (C=O) groups excluding carboxylic acids is 4. The van der Waals surface area contributed by atoms with Crippen molar-refractivity contribution in [1.82, 2.24) is 36.1 Å². The number of hydrogen-bond donors (Lipinski definition) is 12. The molecule has 64 heavy (non-hydrogen) atoms. The number of urea groups is 1. The van der Waals surface area contributed by atoms with Crippen LogP contribution in [-0.2, 0) is 46.0 Å². The van der Waals surface area contributed by atoms with Gasteiger partial charge in [-0.05, 0) is 38.5 Å². The van der Waals surface area contributed by atoms with E-state index in [1.807, 2.05) is 11.8 Å². The number of nitrogens with zero attached hydrogens (tertiary/aromatic N) is 2. The van der Waals surface area contributed by atoms with E-state index in [0.717, 1.165) is 48.6 Å². The molecular weight excluding hydrogens is 933 g/mol. The minimum absolute atomic E-state index is 0.0238. The van der Waals surface area contributed by atoms with Crippen LogP contribution in [0.1, 0.15) is 88.8 Å². The number of unbranched alkanes of at least 4 members (excludes halogenated alkanes) is 5. The number of carbonyl (C=O) groups is 4. The fourth-order valence-corrected chi connectivity index (χ4v) is 11.5. The van der Waals surface area contributed by atoms with Gasteiger partial charge in [0.05, 0.1) is 18.7 Å². The van der Waals surface area contributed by atoms with E-state index in [9.17, 15) is 57.7 Å². The Kier molecular flexibility index (Phi) is 20.9. The summed E-state index contributed by atoms with van der Waals surface area (Å²) in [7, 11) is -17.0. The molecule has 26 nitrogen and oxygen atoms in total. The summed E-state index contributed by atoms with van der Waals surface area (Å²) >= 11 is 1.87. The Hall–Kier alpha value is -3.26. The highest BCUT2D eigenvalue weighted by Crippen LogP contribution is 2.66. The molecule has 0 saturated carbocycles. The van der Waals surface area contributed by atoms with E-state index in [4.69, 9.17) is 20.3 Å². The predicted molar refractivity (Wildman–Crippen MR) is 228 cm³/mol. The number of aliphatic hydroxyl groups is 2. The van der Waals surface area contributed by atoms with Gasteiger partial charge in [0.25, 0.3) is 0 Å². The lowest BCUT2D eigenvalue weighted by molar-refractivity contribution is -0.122. The summed E-state index contributed by atoms with van der Waals surface area (Å²) in [6, 6.07) is 0.283. The number of aromatic nitrogens is 2. The third-order valence-corrected chi connectivity index (χ3v) is 15.4. The molecule has 3 saturated heterocycles. The first kappa shape index (κ1) is 53.4. The summed E-state index contributed by atoms with van der Waals surface area (Å²) in [6.45, 7) is 0.00737. The summed E-state index contributed by atoms with van der Waals surface area (Å²) < 4.78 is 52.2. The van der Waals surface area contributed by atoms with Crippen LogP contribution < -0.4 is 38.0 Å². The van der Waals surface area contributed by atoms with Crippen molar-refractivity contribution in [3.05, 3.63) is 28.3 Å². The average molecular weight is 991 g/mol. The molecule has 0 spiro atoms. The first-order valence-electron chi connectivity index (χ1n) is 20.5. The van der Waals surface area contributed by atoms with Crippen LogP contribution in [0, 0.1) is 0 Å². The summed E-state index contributed by atoms with van der Waals surface area (Å²) in [5.74, 6) is 0.416. The summed E-state index contributed by atoms with van der Waals surface area (Å²) in [6.07, 6.45) is 5.06. The summed E-state index contributed by atoms with van der Waals surface area (Å²) in [5, 5.41) is 35.8. The van der Waals surface area contributed by atoms with Gasteiger partial charge in [0.15, 0.2) is 6.23 Å². The quantitative estimate of drug-likeness (QED) is 0.0298. The number of rotatable bonds is 28. The van der Waals surface area contributed by atoms with Crippen molar-refractivity contribution in [2.24, 2.45) is 0 Å². The molecule has 3 fully saturated rings. The monoisotopic (exact) mass is 990 g/mol. The van der Waals surface area contributed by atoms with E-state index in [-0.39, 0.29) is 60.2 Å². The number of amides is 5. The van der Waals surface area contributed by atoms with Crippen LogP contribution in [0.4, 0.5) is 10.6 Å². The molecule has 1 aromatic heterocycles. The molecule has 5 amide bonds. The number of hydrogen-bond acceptors (Lipinski definition) is 17. The Morgan fingerprint density at radius 2 is 1.47 bits per heavy atom. The number of phosphoric ester groups is 1. The Morgan fingerprint density at radius 1 is 0.859 bits per heavy atom. The zero-order valence-corrected chi connectivity index (χ0v) is 38.1. The van der Waals surface area contributed by atoms with Gasteiger partial charge in [-0.3, -0.25) is 23.5 Å². The Bertz CT molecular complexity index is 2010. The minimum Gasteiger partial charge on any atom is -0.387 e. The lowest BCUT2D eigenvalue weighted by Crippen LogP contribution is -2.36. The van der Waals surface area contributed by atoms with Crippen molar-refractivity contribution in [2.75, 3.05) is 37.7 Å². The molecule has 3 aliphatic heterocycles. The molecule has 4 unspecified atom stereocenters. The topological polar surface area (TPSA) is 399 Å². The van der Waals surface area contributed by atoms with Gasteiger partial charge in [-0.2, -0.15) is 25.4 Å². The molecule has 4 heterocycles. The second-order valence-electron chi connectivity index (χ2n) is 15.1. The third-order valence-electron chi connectivity index (χ3n) is 10.0. The lowest BCUT2D eigenvalue weighted by atomic mass is 10.0. The maximum absolute atomic E-state index is 12.6. The number of thioether (sulfide) groups is 1. The summed E-state index contributed by atoms with van der Waals surface area (Å²) in [4.78, 5) is 101. The van der Waals surface area contributed by atoms with Crippen LogP contribution in [0.3, 0.4) is 0 Å². The van der Waals surface area contributed by atoms with Gasteiger partial charge >= 0.3 is 35.2 Å². The standard InChI is InChI=1S/C34H57N8O18P3S/c35-31-21(18-42(34(49)41-31)32-30(47)29(46)23(58-32)19-57-62(53,54)60-63(55,56)59-61(50,51)52)10-9-17-38-26(44)13-4-2-7-15-36-25(43)12-3-1-8-16-37-27(45)14-6-5-11-24-28-22(20-64-24)39-33(48)40-28/h9-10,18,22-24,28-30,32,46-47H,1-8,11-17,19-20H2,(H,36,43)(H,37,45)(H,38,44)(H,53,54)(H,55,56)(H2,35,41,49)(H2,39,40,48)(H2,50,51,52)/b10-9+/t22-,23-,24-,28-,29?,30?,32-/m1/s1. The molecular formula is C34H57N8O18P3S. The molecule has 13 N–H and O–H groups in total. The maximum Gasteiger partial charge on any atom is 0.490 e. The van der Waals surface area contributed by atoms with Gasteiger partial charge < -0.3 is 66.8 Å². The van der Waals surface area contributed by atoms with E-state index in [2.05, 4.69) is 44.7 Å². The fourth-order valence-electron chi connectivity index (χ4n) is 6.90. The molecule has 1 aromatic rings. The van der Waals surface area contributed by atoms with Crippen LogP contribution >= 0.6 is 35.2 Å². The number of nitrogens with one attached hydrogen (secondary N) is 5. The summed E-state index contributed by atoms with van der Waals surface area (Å²) in [5.41, 5.74) is 4.97. The van der Waals surface area contributed by atoms with Crippen molar-refractivity contribution >= 4 is 70.9 Å². The average Bonchev–Trinajstić information content (AvgIpc) is 3.84. The number of nitrogen functional groups attached to an aromatic ring is 1. The van der Waals surface area contributed by atoms with Crippen LogP contribution in [0.5, 0.6) is 0 Å². The molecule has 9 atom stereocenters. The van der Waals surface area contributed by atoms with Gasteiger partial charge in [-0.15, -0.1) is 0 Å². The van der Waals surface area contributed by atoms with Gasteiger partial charge in [0.1, 0.15) is 24.1 Å². The Labute approximate surface area is 371 Å². The normalized spacial score (nSPS) is 25.0.